The Hall–Kier alpha value is -0.660. The maximum atomic E-state index is 9.78. The molecule has 0 aliphatic rings. The largest absolute Gasteiger partial charge is 0.300 e. The second kappa shape index (κ2) is 2.57. The first-order valence-corrected chi connectivity index (χ1v) is 1.62. The molecule has 0 aromatic heterocycles. The maximum absolute atomic E-state index is 9.78. The van der Waals surface area contributed by atoms with E-state index < -0.39 is 0 Å². The van der Waals surface area contributed by atoms with E-state index in [1.165, 1.54) is 13.2 Å². The van der Waals surface area contributed by atoms with Crippen LogP contribution >= 0.6 is 0 Å². The van der Waals surface area contributed by atoms with E-state index in [2.05, 4.69) is 0 Å². The quantitative estimate of drug-likeness (QED) is 0.445. The van der Waals surface area contributed by atoms with E-state index in [1.807, 2.05) is 0 Å². The minimum Gasteiger partial charge on any atom is -0.300 e. The van der Waals surface area contributed by atoms with Gasteiger partial charge in [0.1, 0.15) is 5.78 Å². The van der Waals surface area contributed by atoms with Crippen LogP contribution in [0, 0.1) is 0 Å². The van der Waals surface area contributed by atoms with Crippen molar-refractivity contribution in [2.45, 2.75) is 13.3 Å². The first-order chi connectivity index (χ1) is 2.77. The van der Waals surface area contributed by atoms with Crippen LogP contribution in [0.25, 0.3) is 0 Å². The molecule has 0 saturated carbocycles. The van der Waals surface area contributed by atoms with Crippen LogP contribution in [0.4, 0.5) is 0 Å². The normalized spacial score (nSPS) is 7.50. The molecule has 0 spiro atoms. The second-order valence-electron chi connectivity index (χ2n) is 1.02. The third-order valence-corrected chi connectivity index (χ3v) is 0.321. The number of Topliss-reactive ketones (excluding diaryl/α,β-unsaturated/α-hetero) is 1. The van der Waals surface area contributed by atoms with Crippen LogP contribution in [0.3, 0.4) is 0 Å². The third-order valence-electron chi connectivity index (χ3n) is 0.321. The van der Waals surface area contributed by atoms with E-state index in [4.69, 9.17) is 0 Å². The van der Waals surface area contributed by atoms with Gasteiger partial charge in [-0.05, 0) is 6.92 Å². The lowest BCUT2D eigenvalue weighted by molar-refractivity contribution is -0.115. The van der Waals surface area contributed by atoms with Crippen molar-refractivity contribution >= 4 is 12.1 Å². The van der Waals surface area contributed by atoms with Crippen molar-refractivity contribution in [3.8, 4) is 0 Å². The topological polar surface area (TPSA) is 34.1 Å². The predicted octanol–water partition coefficient (Wildman–Crippen LogP) is 0.0752. The van der Waals surface area contributed by atoms with Crippen molar-refractivity contribution in [3.05, 3.63) is 0 Å². The highest BCUT2D eigenvalue weighted by Crippen LogP contribution is 1.69. The molecular weight excluding hydrogens is 80.0 g/mol. The summed E-state index contributed by atoms with van der Waals surface area (Å²) in [4.78, 5) is 19.1. The molecule has 0 aliphatic carbocycles. The Morgan fingerprint density at radius 3 is 2.33 bits per heavy atom. The Kier molecular flexibility index (Phi) is 2.29. The van der Waals surface area contributed by atoms with Gasteiger partial charge in [-0.25, -0.2) is 0 Å². The summed E-state index contributed by atoms with van der Waals surface area (Å²) in [5.41, 5.74) is 0. The Morgan fingerprint density at radius 1 is 1.83 bits per heavy atom. The lowest BCUT2D eigenvalue weighted by Gasteiger charge is -1.70. The average molecular weight is 85.1 g/mol. The molecule has 0 aromatic carbocycles. The molecule has 0 bridgehead atoms. The zero-order chi connectivity index (χ0) is 4.99. The summed E-state index contributed by atoms with van der Waals surface area (Å²) in [6, 6.07) is 0. The van der Waals surface area contributed by atoms with Gasteiger partial charge in [-0.1, -0.05) is 0 Å². The fourth-order valence-corrected chi connectivity index (χ4v) is 0.102. The molecule has 0 amide bonds. The zero-order valence-corrected chi connectivity index (χ0v) is 3.52. The molecule has 6 heavy (non-hydrogen) atoms. The summed E-state index contributed by atoms with van der Waals surface area (Å²) in [5.74, 6) is -0.134. The number of hydrogen-bond donors (Lipinski definition) is 0. The van der Waals surface area contributed by atoms with Gasteiger partial charge in [0.25, 0.3) is 0 Å². The van der Waals surface area contributed by atoms with Gasteiger partial charge in [-0.3, -0.25) is 9.59 Å². The van der Waals surface area contributed by atoms with Crippen molar-refractivity contribution in [2.24, 2.45) is 0 Å². The number of carbonyl (C=O) groups is 1. The molecule has 0 heterocycles. The van der Waals surface area contributed by atoms with Gasteiger partial charge in [0.15, 0.2) is 0 Å². The number of rotatable bonds is 2. The van der Waals surface area contributed by atoms with Crippen LogP contribution in [0.2, 0.25) is 0 Å². The van der Waals surface area contributed by atoms with Gasteiger partial charge in [-0.15, -0.1) is 0 Å². The zero-order valence-electron chi connectivity index (χ0n) is 3.52. The minimum atomic E-state index is -0.134. The molecular formula is C4H5O2. The first kappa shape index (κ1) is 5.34. The first-order valence-electron chi connectivity index (χ1n) is 1.62. The lowest BCUT2D eigenvalue weighted by atomic mass is 10.3. The van der Waals surface area contributed by atoms with E-state index in [-0.39, 0.29) is 12.2 Å². The summed E-state index contributed by atoms with van der Waals surface area (Å²) >= 11 is 0. The standard InChI is InChI=1S/C4H5O2/c1-4(6)2-3-5/h2H2,1H3. The Balaban J connectivity index is 3.05. The lowest BCUT2D eigenvalue weighted by Crippen LogP contribution is -1.87. The summed E-state index contributed by atoms with van der Waals surface area (Å²) < 4.78 is 0. The smallest absolute Gasteiger partial charge is 0.206 e. The monoisotopic (exact) mass is 85.0 g/mol. The number of ketones is 1. The van der Waals surface area contributed by atoms with Gasteiger partial charge in [0.2, 0.25) is 6.29 Å². The second-order valence-corrected chi connectivity index (χ2v) is 1.02. The van der Waals surface area contributed by atoms with Crippen LogP contribution < -0.4 is 0 Å². The average Bonchev–Trinajstić information content (AvgIpc) is 1.35. The molecule has 33 valence electrons. The van der Waals surface area contributed by atoms with Crippen LogP contribution in [0.15, 0.2) is 0 Å². The van der Waals surface area contributed by atoms with Gasteiger partial charge < -0.3 is 0 Å². The fourth-order valence-electron chi connectivity index (χ4n) is 0.102. The molecule has 2 nitrogen and oxygen atoms in total. The van der Waals surface area contributed by atoms with E-state index in [0.29, 0.717) is 0 Å². The van der Waals surface area contributed by atoms with E-state index in [9.17, 15) is 9.59 Å². The molecule has 0 rings (SSSR count). The van der Waals surface area contributed by atoms with Crippen molar-refractivity contribution in [2.75, 3.05) is 0 Å². The minimum absolute atomic E-state index is 0.0694. The van der Waals surface area contributed by atoms with Crippen molar-refractivity contribution in [3.63, 3.8) is 0 Å². The predicted molar refractivity (Wildman–Crippen MR) is 21.0 cm³/mol. The summed E-state index contributed by atoms with van der Waals surface area (Å²) in [5, 5.41) is 0. The summed E-state index contributed by atoms with van der Waals surface area (Å²) in [7, 11) is 0. The molecule has 0 aromatic rings. The Bertz CT molecular complexity index is 65.9. The SMILES string of the molecule is CC(=O)C[C]=O. The highest BCUT2D eigenvalue weighted by atomic mass is 16.1. The highest BCUT2D eigenvalue weighted by Gasteiger charge is 1.85. The van der Waals surface area contributed by atoms with Crippen molar-refractivity contribution < 1.29 is 9.59 Å². The van der Waals surface area contributed by atoms with Gasteiger partial charge >= 0.3 is 0 Å². The number of carbonyl (C=O) groups excluding carboxylic acids is 2. The van der Waals surface area contributed by atoms with Crippen molar-refractivity contribution in [1.29, 1.82) is 0 Å². The summed E-state index contributed by atoms with van der Waals surface area (Å²) in [6.07, 6.45) is 1.40. The van der Waals surface area contributed by atoms with E-state index >= 15 is 0 Å². The Labute approximate surface area is 36.2 Å². The molecule has 0 atom stereocenters. The molecule has 0 N–H and O–H groups in total. The van der Waals surface area contributed by atoms with Crippen LogP contribution in [0.1, 0.15) is 13.3 Å². The van der Waals surface area contributed by atoms with Gasteiger partial charge in [-0.2, -0.15) is 0 Å². The van der Waals surface area contributed by atoms with Gasteiger partial charge in [0.05, 0.1) is 6.42 Å². The Morgan fingerprint density at radius 2 is 2.33 bits per heavy atom. The molecule has 2 heteroatoms. The highest BCUT2D eigenvalue weighted by molar-refractivity contribution is 5.87. The molecule has 1 radical (unpaired) electrons. The van der Waals surface area contributed by atoms with Crippen LogP contribution in [-0.2, 0) is 9.59 Å². The fraction of sp³-hybridized carbons (Fsp3) is 0.500. The molecule has 0 fully saturated rings. The number of hydrogen-bond acceptors (Lipinski definition) is 2. The summed E-state index contributed by atoms with van der Waals surface area (Å²) in [6.45, 7) is 1.35. The molecule has 0 aliphatic heterocycles. The van der Waals surface area contributed by atoms with Crippen molar-refractivity contribution in [1.82, 2.24) is 0 Å². The van der Waals surface area contributed by atoms with Gasteiger partial charge in [0, 0.05) is 0 Å². The van der Waals surface area contributed by atoms with Crippen LogP contribution in [-0.4, -0.2) is 12.1 Å². The third kappa shape index (κ3) is 3.34. The van der Waals surface area contributed by atoms with E-state index in [1.54, 1.807) is 0 Å². The maximum Gasteiger partial charge on any atom is 0.206 e. The van der Waals surface area contributed by atoms with Crippen LogP contribution in [0.5, 0.6) is 0 Å². The molecule has 0 saturated heterocycles. The molecule has 0 unspecified atom stereocenters. The van der Waals surface area contributed by atoms with E-state index in [0.717, 1.165) is 0 Å².